The first-order chi connectivity index (χ1) is 10.3. The number of hydroxylamine groups is 2. The van der Waals surface area contributed by atoms with Crippen LogP contribution in [0.5, 0.6) is 0 Å². The lowest BCUT2D eigenvalue weighted by molar-refractivity contribution is -0.256. The van der Waals surface area contributed by atoms with Gasteiger partial charge >= 0.3 is 5.97 Å². The van der Waals surface area contributed by atoms with E-state index in [4.69, 9.17) is 9.94 Å². The van der Waals surface area contributed by atoms with Crippen LogP contribution in [0.1, 0.15) is 19.4 Å². The summed E-state index contributed by atoms with van der Waals surface area (Å²) in [5.41, 5.74) is -0.638. The SMILES string of the molecule is CC(C)(ON1CC(NC(=O)Cc2ccccc2)C1=O)C(=O)O. The zero-order valence-electron chi connectivity index (χ0n) is 12.4. The predicted octanol–water partition coefficient (Wildman–Crippen LogP) is 0.351. The number of carbonyl (C=O) groups excluding carboxylic acids is 2. The Balaban J connectivity index is 1.81. The van der Waals surface area contributed by atoms with Crippen molar-refractivity contribution in [2.24, 2.45) is 0 Å². The highest BCUT2D eigenvalue weighted by Crippen LogP contribution is 2.19. The number of carboxylic acids is 1. The smallest absolute Gasteiger partial charge is 0.338 e. The zero-order valence-corrected chi connectivity index (χ0v) is 12.4. The van der Waals surface area contributed by atoms with E-state index in [-0.39, 0.29) is 18.9 Å². The molecular formula is C15H18N2O5. The third-order valence-corrected chi connectivity index (χ3v) is 3.29. The molecule has 118 valence electrons. The molecule has 2 rings (SSSR count). The molecule has 0 bridgehead atoms. The number of carboxylic acid groups (broad SMARTS) is 1. The minimum absolute atomic E-state index is 0.135. The van der Waals surface area contributed by atoms with Crippen molar-refractivity contribution >= 4 is 17.8 Å². The molecule has 1 aliphatic rings. The summed E-state index contributed by atoms with van der Waals surface area (Å²) in [6, 6.07) is 8.51. The molecule has 0 radical (unpaired) electrons. The Labute approximate surface area is 127 Å². The van der Waals surface area contributed by atoms with Crippen molar-refractivity contribution < 1.29 is 24.3 Å². The highest BCUT2D eigenvalue weighted by Gasteiger charge is 2.43. The lowest BCUT2D eigenvalue weighted by Crippen LogP contribution is -2.65. The van der Waals surface area contributed by atoms with Gasteiger partial charge in [-0.3, -0.25) is 14.4 Å². The Kier molecular flexibility index (Phi) is 4.46. The molecule has 1 aromatic carbocycles. The molecule has 1 saturated heterocycles. The third-order valence-electron chi connectivity index (χ3n) is 3.29. The minimum Gasteiger partial charge on any atom is -0.479 e. The van der Waals surface area contributed by atoms with E-state index in [0.29, 0.717) is 0 Å². The number of hydrogen-bond donors (Lipinski definition) is 2. The maximum atomic E-state index is 11.8. The normalized spacial score (nSPS) is 17.8. The van der Waals surface area contributed by atoms with Gasteiger partial charge < -0.3 is 10.4 Å². The molecular weight excluding hydrogens is 288 g/mol. The maximum Gasteiger partial charge on any atom is 0.338 e. The van der Waals surface area contributed by atoms with Crippen LogP contribution in [0.2, 0.25) is 0 Å². The van der Waals surface area contributed by atoms with E-state index in [9.17, 15) is 14.4 Å². The fourth-order valence-corrected chi connectivity index (χ4v) is 1.93. The number of nitrogens with one attached hydrogen (secondary N) is 1. The first-order valence-electron chi connectivity index (χ1n) is 6.87. The second-order valence-corrected chi connectivity index (χ2v) is 5.59. The van der Waals surface area contributed by atoms with Gasteiger partial charge in [0.25, 0.3) is 5.91 Å². The second kappa shape index (κ2) is 6.15. The van der Waals surface area contributed by atoms with E-state index < -0.39 is 23.5 Å². The first kappa shape index (κ1) is 16.0. The summed E-state index contributed by atoms with van der Waals surface area (Å²) in [7, 11) is 0. The number of carbonyl (C=O) groups is 3. The quantitative estimate of drug-likeness (QED) is 0.739. The van der Waals surface area contributed by atoms with Crippen LogP contribution in [0.4, 0.5) is 0 Å². The van der Waals surface area contributed by atoms with Crippen molar-refractivity contribution in [3.63, 3.8) is 0 Å². The van der Waals surface area contributed by atoms with Crippen molar-refractivity contribution in [3.05, 3.63) is 35.9 Å². The van der Waals surface area contributed by atoms with Crippen molar-refractivity contribution in [2.45, 2.75) is 31.9 Å². The van der Waals surface area contributed by atoms with Gasteiger partial charge in [-0.1, -0.05) is 30.3 Å². The molecule has 2 N–H and O–H groups in total. The Morgan fingerprint density at radius 2 is 2.00 bits per heavy atom. The topological polar surface area (TPSA) is 95.9 Å². The highest BCUT2D eigenvalue weighted by molar-refractivity contribution is 5.92. The highest BCUT2D eigenvalue weighted by atomic mass is 16.7. The average Bonchev–Trinajstić information content (AvgIpc) is 2.46. The molecule has 7 heteroatoms. The molecule has 1 unspecified atom stereocenters. The van der Waals surface area contributed by atoms with Crippen LogP contribution in [0.15, 0.2) is 30.3 Å². The molecule has 0 spiro atoms. The lowest BCUT2D eigenvalue weighted by atomic mass is 10.1. The van der Waals surface area contributed by atoms with Gasteiger partial charge in [0.15, 0.2) is 5.60 Å². The Morgan fingerprint density at radius 3 is 2.55 bits per heavy atom. The van der Waals surface area contributed by atoms with E-state index >= 15 is 0 Å². The molecule has 0 aliphatic carbocycles. The number of amides is 2. The summed E-state index contributed by atoms with van der Waals surface area (Å²) in [5, 5.41) is 12.5. The second-order valence-electron chi connectivity index (χ2n) is 5.59. The van der Waals surface area contributed by atoms with Gasteiger partial charge in [-0.05, 0) is 19.4 Å². The molecule has 1 atom stereocenters. The summed E-state index contributed by atoms with van der Waals surface area (Å²) >= 11 is 0. The van der Waals surface area contributed by atoms with E-state index in [1.54, 1.807) is 0 Å². The van der Waals surface area contributed by atoms with Crippen LogP contribution in [-0.4, -0.2) is 46.1 Å². The van der Waals surface area contributed by atoms with Crippen molar-refractivity contribution in [3.8, 4) is 0 Å². The number of nitrogens with zero attached hydrogens (tertiary/aromatic N) is 1. The fourth-order valence-electron chi connectivity index (χ4n) is 1.93. The van der Waals surface area contributed by atoms with E-state index in [0.717, 1.165) is 10.6 Å². The van der Waals surface area contributed by atoms with Crippen molar-refractivity contribution in [1.82, 2.24) is 10.4 Å². The number of rotatable bonds is 6. The van der Waals surface area contributed by atoms with Gasteiger partial charge in [-0.2, -0.15) is 0 Å². The van der Waals surface area contributed by atoms with E-state index in [1.807, 2.05) is 30.3 Å². The van der Waals surface area contributed by atoms with Gasteiger partial charge in [0.1, 0.15) is 6.04 Å². The van der Waals surface area contributed by atoms with Crippen molar-refractivity contribution in [1.29, 1.82) is 0 Å². The molecule has 7 nitrogen and oxygen atoms in total. The summed E-state index contributed by atoms with van der Waals surface area (Å²) in [5.74, 6) is -1.88. The molecule has 1 aliphatic heterocycles. The largest absolute Gasteiger partial charge is 0.479 e. The number of aliphatic carboxylic acids is 1. The van der Waals surface area contributed by atoms with Crippen LogP contribution in [-0.2, 0) is 25.6 Å². The number of β-lactam (4-membered cyclic amide) rings is 1. The predicted molar refractivity (Wildman–Crippen MR) is 76.6 cm³/mol. The summed E-state index contributed by atoms with van der Waals surface area (Å²) in [6.45, 7) is 2.84. The van der Waals surface area contributed by atoms with Gasteiger partial charge in [0.2, 0.25) is 5.91 Å². The summed E-state index contributed by atoms with van der Waals surface area (Å²) in [4.78, 5) is 39.7. The van der Waals surface area contributed by atoms with Crippen LogP contribution >= 0.6 is 0 Å². The molecule has 0 aromatic heterocycles. The van der Waals surface area contributed by atoms with E-state index in [2.05, 4.69) is 5.32 Å². The third kappa shape index (κ3) is 3.62. The molecule has 1 heterocycles. The van der Waals surface area contributed by atoms with E-state index in [1.165, 1.54) is 13.8 Å². The average molecular weight is 306 g/mol. The summed E-state index contributed by atoms with van der Waals surface area (Å²) in [6.07, 6.45) is 0.187. The fraction of sp³-hybridized carbons (Fsp3) is 0.400. The van der Waals surface area contributed by atoms with Crippen molar-refractivity contribution in [2.75, 3.05) is 6.54 Å². The standard InChI is InChI=1S/C15H18N2O5/c1-15(2,14(20)21)22-17-9-11(13(17)19)16-12(18)8-10-6-4-3-5-7-10/h3-7,11H,8-9H2,1-2H3,(H,16,18)(H,20,21). The molecule has 0 saturated carbocycles. The minimum atomic E-state index is -1.49. The Morgan fingerprint density at radius 1 is 1.36 bits per heavy atom. The Hall–Kier alpha value is -2.41. The van der Waals surface area contributed by atoms with Gasteiger partial charge in [-0.15, -0.1) is 0 Å². The number of hydrogen-bond acceptors (Lipinski definition) is 4. The van der Waals surface area contributed by atoms with Crippen LogP contribution in [0.25, 0.3) is 0 Å². The first-order valence-corrected chi connectivity index (χ1v) is 6.87. The van der Waals surface area contributed by atoms with Gasteiger partial charge in [0.05, 0.1) is 13.0 Å². The summed E-state index contributed by atoms with van der Waals surface area (Å²) < 4.78 is 0. The van der Waals surface area contributed by atoms with Crippen LogP contribution < -0.4 is 5.32 Å². The molecule has 22 heavy (non-hydrogen) atoms. The Bertz CT molecular complexity index is 585. The van der Waals surface area contributed by atoms with Gasteiger partial charge in [0, 0.05) is 0 Å². The molecule has 1 fully saturated rings. The van der Waals surface area contributed by atoms with Gasteiger partial charge in [-0.25, -0.2) is 9.86 Å². The van der Waals surface area contributed by atoms with Crippen LogP contribution in [0, 0.1) is 0 Å². The number of benzene rings is 1. The van der Waals surface area contributed by atoms with Crippen LogP contribution in [0.3, 0.4) is 0 Å². The maximum absolute atomic E-state index is 11.8. The molecule has 1 aromatic rings. The zero-order chi connectivity index (χ0) is 16.3. The molecule has 2 amide bonds. The monoisotopic (exact) mass is 306 g/mol. The lowest BCUT2D eigenvalue weighted by Gasteiger charge is -2.40.